The number of fused-ring (bicyclic) bond motifs is 1. The number of hydrogen-bond acceptors (Lipinski definition) is 8. The lowest BCUT2D eigenvalue weighted by Crippen LogP contribution is -2.52. The van der Waals surface area contributed by atoms with Gasteiger partial charge in [-0.25, -0.2) is 14.8 Å². The van der Waals surface area contributed by atoms with Gasteiger partial charge >= 0.3 is 5.97 Å². The molecule has 3 atom stereocenters. The van der Waals surface area contributed by atoms with E-state index in [1.165, 1.54) is 6.33 Å². The van der Waals surface area contributed by atoms with Crippen molar-refractivity contribution in [3.63, 3.8) is 0 Å². The second-order valence-corrected chi connectivity index (χ2v) is 9.64. The molecule has 2 aromatic heterocycles. The third-order valence-electron chi connectivity index (χ3n) is 6.99. The van der Waals surface area contributed by atoms with Gasteiger partial charge in [-0.2, -0.15) is 5.26 Å². The highest BCUT2D eigenvalue weighted by molar-refractivity contribution is 7.80. The number of carboxylic acids is 1. The number of nitrogens with two attached hydrogens (primary N) is 1. The maximum Gasteiger partial charge on any atom is 0.326 e. The fourth-order valence-electron chi connectivity index (χ4n) is 4.76. The maximum absolute atomic E-state index is 12.3. The second kappa shape index (κ2) is 13.5. The molecule has 1 fully saturated rings. The topological polar surface area (TPSA) is 145 Å². The molecule has 3 rings (SSSR count). The fraction of sp³-hybridized carbons (Fsp3) is 0.583. The number of carbonyl (C=O) groups is 2. The number of amides is 1. The van der Waals surface area contributed by atoms with E-state index in [0.717, 1.165) is 18.2 Å². The Hall–Kier alpha value is -3.01. The van der Waals surface area contributed by atoms with E-state index in [9.17, 15) is 14.7 Å². The van der Waals surface area contributed by atoms with E-state index in [1.807, 2.05) is 19.2 Å². The number of aromatic nitrogens is 3. The third kappa shape index (κ3) is 6.66. The van der Waals surface area contributed by atoms with Crippen LogP contribution in [-0.4, -0.2) is 92.2 Å². The molecule has 0 aliphatic carbocycles. The third-order valence-corrected chi connectivity index (χ3v) is 7.47. The summed E-state index contributed by atoms with van der Waals surface area (Å²) in [6.45, 7) is 3.81. The molecule has 0 spiro atoms. The summed E-state index contributed by atoms with van der Waals surface area (Å²) in [5.41, 5.74) is 6.14. The molecular formula is C24H35ClN8O3S. The van der Waals surface area contributed by atoms with Crippen LogP contribution >= 0.6 is 24.6 Å². The SMILES string of the molecule is C[C@@H]1CCN(C(=O)CC#N)C[C@@H]1N(C)c1ncnc2c1ccn2C(=S)N(C)[C@@H](CCCCN)C(=O)O.Cl. The summed E-state index contributed by atoms with van der Waals surface area (Å²) in [7, 11) is 3.63. The van der Waals surface area contributed by atoms with Crippen LogP contribution < -0.4 is 10.6 Å². The number of halogens is 1. The fourth-order valence-corrected chi connectivity index (χ4v) is 5.03. The van der Waals surface area contributed by atoms with Gasteiger partial charge in [-0.05, 0) is 56.4 Å². The number of nitrogens with zero attached hydrogens (tertiary/aromatic N) is 7. The lowest BCUT2D eigenvalue weighted by molar-refractivity contribution is -0.141. The molecule has 1 amide bonds. The van der Waals surface area contributed by atoms with E-state index in [0.29, 0.717) is 55.0 Å². The van der Waals surface area contributed by atoms with Crippen LogP contribution in [0, 0.1) is 17.2 Å². The predicted molar refractivity (Wildman–Crippen MR) is 148 cm³/mol. The number of anilines is 1. The van der Waals surface area contributed by atoms with Gasteiger partial charge in [-0.1, -0.05) is 6.92 Å². The van der Waals surface area contributed by atoms with Gasteiger partial charge in [-0.15, -0.1) is 12.4 Å². The molecule has 0 unspecified atom stereocenters. The van der Waals surface area contributed by atoms with E-state index in [2.05, 4.69) is 21.8 Å². The molecule has 13 heteroatoms. The standard InChI is InChI=1S/C24H34N8O3S.ClH/c1-16-8-12-31(20(33)7-11-26)14-19(16)29(2)21-17-9-13-32(22(17)28-15-27-21)24(36)30(3)18(23(34)35)6-4-5-10-25;/h9,13,15-16,18-19H,4-8,10,12,14,25H2,1-3H3,(H,34,35);1H/t16-,18+,19+;/m1./s1. The number of piperidine rings is 1. The van der Waals surface area contributed by atoms with Gasteiger partial charge in [0.05, 0.1) is 17.5 Å². The number of carboxylic acid groups (broad SMARTS) is 1. The summed E-state index contributed by atoms with van der Waals surface area (Å²) >= 11 is 5.68. The highest BCUT2D eigenvalue weighted by atomic mass is 35.5. The zero-order chi connectivity index (χ0) is 26.4. The number of likely N-dealkylation sites (tertiary alicyclic amines) is 1. The van der Waals surface area contributed by atoms with Crippen LogP contribution in [0.3, 0.4) is 0 Å². The molecule has 3 N–H and O–H groups in total. The minimum absolute atomic E-state index is 0. The lowest BCUT2D eigenvalue weighted by Gasteiger charge is -2.42. The van der Waals surface area contributed by atoms with Gasteiger partial charge < -0.3 is 25.5 Å². The number of rotatable bonds is 9. The first-order valence-corrected chi connectivity index (χ1v) is 12.5. The van der Waals surface area contributed by atoms with E-state index < -0.39 is 12.0 Å². The van der Waals surface area contributed by atoms with Crippen molar-refractivity contribution in [1.82, 2.24) is 24.3 Å². The first-order chi connectivity index (χ1) is 17.2. The Morgan fingerprint density at radius 3 is 2.73 bits per heavy atom. The molecular weight excluding hydrogens is 516 g/mol. The number of thiocarbonyl (C=S) groups is 1. The lowest BCUT2D eigenvalue weighted by atomic mass is 9.92. The smallest absolute Gasteiger partial charge is 0.326 e. The van der Waals surface area contributed by atoms with Crippen molar-refractivity contribution in [2.45, 2.75) is 51.1 Å². The zero-order valence-electron chi connectivity index (χ0n) is 21.4. The minimum Gasteiger partial charge on any atom is -0.480 e. The summed E-state index contributed by atoms with van der Waals surface area (Å²) in [6.07, 6.45) is 5.83. The highest BCUT2D eigenvalue weighted by Crippen LogP contribution is 2.30. The zero-order valence-corrected chi connectivity index (χ0v) is 23.0. The van der Waals surface area contributed by atoms with E-state index in [1.54, 1.807) is 27.6 Å². The Morgan fingerprint density at radius 1 is 1.35 bits per heavy atom. The summed E-state index contributed by atoms with van der Waals surface area (Å²) in [6, 6.07) is 3.05. The van der Waals surface area contributed by atoms with E-state index in [4.69, 9.17) is 23.2 Å². The average Bonchev–Trinajstić information content (AvgIpc) is 3.30. The quantitative estimate of drug-likeness (QED) is 0.351. The highest BCUT2D eigenvalue weighted by Gasteiger charge is 2.33. The number of carbonyl (C=O) groups excluding carboxylic acids is 1. The molecule has 0 aromatic carbocycles. The summed E-state index contributed by atoms with van der Waals surface area (Å²) in [5.74, 6) is -0.0848. The van der Waals surface area contributed by atoms with Crippen LogP contribution in [0.15, 0.2) is 18.6 Å². The van der Waals surface area contributed by atoms with Crippen molar-refractivity contribution in [3.05, 3.63) is 18.6 Å². The first kappa shape index (κ1) is 30.2. The Labute approximate surface area is 228 Å². The number of nitriles is 1. The van der Waals surface area contributed by atoms with E-state index >= 15 is 0 Å². The van der Waals surface area contributed by atoms with Crippen LogP contribution in [0.1, 0.15) is 39.0 Å². The molecule has 37 heavy (non-hydrogen) atoms. The number of hydrogen-bond donors (Lipinski definition) is 2. The van der Waals surface area contributed by atoms with Crippen LogP contribution in [0.4, 0.5) is 5.82 Å². The Bertz CT molecular complexity index is 1150. The molecule has 1 aliphatic heterocycles. The van der Waals surface area contributed by atoms with Crippen molar-refractivity contribution in [3.8, 4) is 6.07 Å². The van der Waals surface area contributed by atoms with Crippen molar-refractivity contribution in [1.29, 1.82) is 5.26 Å². The molecule has 3 heterocycles. The van der Waals surface area contributed by atoms with Gasteiger partial charge in [-0.3, -0.25) is 9.36 Å². The van der Waals surface area contributed by atoms with Crippen molar-refractivity contribution >= 4 is 58.5 Å². The molecule has 1 aliphatic rings. The number of unbranched alkanes of at least 4 members (excludes halogenated alkanes) is 1. The Balaban J connectivity index is 0.00000481. The van der Waals surface area contributed by atoms with E-state index in [-0.39, 0.29) is 30.8 Å². The molecule has 0 saturated carbocycles. The first-order valence-electron chi connectivity index (χ1n) is 12.1. The Kier molecular flexibility index (Phi) is 11.0. The predicted octanol–water partition coefficient (Wildman–Crippen LogP) is 2.09. The number of aliphatic carboxylic acids is 1. The molecule has 202 valence electrons. The molecule has 11 nitrogen and oxygen atoms in total. The Morgan fingerprint density at radius 2 is 2.08 bits per heavy atom. The van der Waals surface area contributed by atoms with Crippen LogP contribution in [0.2, 0.25) is 0 Å². The maximum atomic E-state index is 12.3. The summed E-state index contributed by atoms with van der Waals surface area (Å²) < 4.78 is 1.70. The van der Waals surface area contributed by atoms with Gasteiger partial charge in [0.1, 0.15) is 24.6 Å². The summed E-state index contributed by atoms with van der Waals surface area (Å²) in [4.78, 5) is 38.6. The molecule has 2 aromatic rings. The van der Waals surface area contributed by atoms with Crippen LogP contribution in [0.5, 0.6) is 0 Å². The summed E-state index contributed by atoms with van der Waals surface area (Å²) in [5, 5.41) is 19.8. The second-order valence-electron chi connectivity index (χ2n) is 9.27. The normalized spacial score (nSPS) is 18.0. The molecule has 1 saturated heterocycles. The van der Waals surface area contributed by atoms with Gasteiger partial charge in [0, 0.05) is 33.4 Å². The molecule has 0 bridgehead atoms. The van der Waals surface area contributed by atoms with Crippen molar-refractivity contribution in [2.75, 3.05) is 38.6 Å². The molecule has 0 radical (unpaired) electrons. The van der Waals surface area contributed by atoms with Crippen LogP contribution in [-0.2, 0) is 9.59 Å². The van der Waals surface area contributed by atoms with Gasteiger partial charge in [0.15, 0.2) is 10.8 Å². The van der Waals surface area contributed by atoms with Gasteiger partial charge in [0.25, 0.3) is 0 Å². The average molecular weight is 551 g/mol. The number of likely N-dealkylation sites (N-methyl/N-ethyl adjacent to an activating group) is 2. The minimum atomic E-state index is -0.940. The largest absolute Gasteiger partial charge is 0.480 e. The van der Waals surface area contributed by atoms with Crippen molar-refractivity contribution < 1.29 is 14.7 Å². The van der Waals surface area contributed by atoms with Crippen molar-refractivity contribution in [2.24, 2.45) is 11.7 Å². The monoisotopic (exact) mass is 550 g/mol. The van der Waals surface area contributed by atoms with Crippen LogP contribution in [0.25, 0.3) is 11.0 Å². The van der Waals surface area contributed by atoms with Gasteiger partial charge in [0.2, 0.25) is 5.91 Å².